The third kappa shape index (κ3) is 2.86. The minimum atomic E-state index is 0.731. The molecule has 0 amide bonds. The molecule has 0 spiro atoms. The molecule has 3 aromatic rings. The van der Waals surface area contributed by atoms with Crippen LogP contribution in [-0.4, -0.2) is 4.98 Å². The van der Waals surface area contributed by atoms with Crippen LogP contribution < -0.4 is 5.32 Å². The molecule has 106 valence electrons. The maximum Gasteiger partial charge on any atom is 0.0708 e. The van der Waals surface area contributed by atoms with Gasteiger partial charge in [0.25, 0.3) is 0 Å². The van der Waals surface area contributed by atoms with E-state index < -0.39 is 0 Å². The Balaban J connectivity index is 1.95. The van der Waals surface area contributed by atoms with Crippen LogP contribution in [0.5, 0.6) is 0 Å². The van der Waals surface area contributed by atoms with Gasteiger partial charge in [-0.05, 0) is 43.2 Å². The summed E-state index contributed by atoms with van der Waals surface area (Å²) in [5.41, 5.74) is 5.44. The Hall–Kier alpha value is -2.06. The van der Waals surface area contributed by atoms with Gasteiger partial charge in [0, 0.05) is 17.6 Å². The Labute approximate surface area is 129 Å². The van der Waals surface area contributed by atoms with Crippen molar-refractivity contribution in [3.05, 3.63) is 70.4 Å². The number of rotatable bonds is 3. The molecule has 0 saturated carbocycles. The number of benzene rings is 2. The van der Waals surface area contributed by atoms with Crippen molar-refractivity contribution in [1.82, 2.24) is 4.98 Å². The highest BCUT2D eigenvalue weighted by Crippen LogP contribution is 2.27. The van der Waals surface area contributed by atoms with Crippen LogP contribution in [0.25, 0.3) is 10.9 Å². The van der Waals surface area contributed by atoms with Gasteiger partial charge >= 0.3 is 0 Å². The number of nitrogens with zero attached hydrogens (tertiary/aromatic N) is 1. The molecule has 0 radical (unpaired) electrons. The van der Waals surface area contributed by atoms with Crippen molar-refractivity contribution in [2.24, 2.45) is 0 Å². The molecule has 3 heteroatoms. The standard InChI is InChI=1S/C18H17ClN2/c1-12-6-5-8-16(19)18(12)20-11-14-10-13(2)21-17-9-4-3-7-15(14)17/h3-10,20H,11H2,1-2H3. The topological polar surface area (TPSA) is 24.9 Å². The van der Waals surface area contributed by atoms with Crippen molar-refractivity contribution in [1.29, 1.82) is 0 Å². The third-order valence-electron chi connectivity index (χ3n) is 3.61. The molecule has 0 unspecified atom stereocenters. The molecule has 1 aromatic heterocycles. The fourth-order valence-electron chi connectivity index (χ4n) is 2.58. The molecule has 2 nitrogen and oxygen atoms in total. The summed E-state index contributed by atoms with van der Waals surface area (Å²) in [5, 5.41) is 5.39. The molecule has 0 aliphatic heterocycles. The van der Waals surface area contributed by atoms with E-state index in [4.69, 9.17) is 11.6 Å². The Bertz CT molecular complexity index is 776. The zero-order valence-electron chi connectivity index (χ0n) is 12.2. The molecule has 0 atom stereocenters. The van der Waals surface area contributed by atoms with Crippen LogP contribution in [0.3, 0.4) is 0 Å². The maximum atomic E-state index is 6.27. The Morgan fingerprint density at radius 2 is 1.86 bits per heavy atom. The molecule has 21 heavy (non-hydrogen) atoms. The monoisotopic (exact) mass is 296 g/mol. The first-order valence-corrected chi connectivity index (χ1v) is 7.37. The van der Waals surface area contributed by atoms with Gasteiger partial charge in [-0.25, -0.2) is 0 Å². The number of pyridine rings is 1. The third-order valence-corrected chi connectivity index (χ3v) is 3.92. The first-order valence-electron chi connectivity index (χ1n) is 6.99. The molecule has 0 aliphatic carbocycles. The molecular formula is C18H17ClN2. The lowest BCUT2D eigenvalue weighted by Gasteiger charge is -2.13. The second-order valence-electron chi connectivity index (χ2n) is 5.23. The van der Waals surface area contributed by atoms with Gasteiger partial charge in [0.1, 0.15) is 0 Å². The van der Waals surface area contributed by atoms with Crippen molar-refractivity contribution in [3.63, 3.8) is 0 Å². The second-order valence-corrected chi connectivity index (χ2v) is 5.63. The van der Waals surface area contributed by atoms with Crippen molar-refractivity contribution < 1.29 is 0 Å². The summed E-state index contributed by atoms with van der Waals surface area (Å²) in [5.74, 6) is 0. The van der Waals surface area contributed by atoms with Crippen LogP contribution in [0.2, 0.25) is 5.02 Å². The molecule has 1 N–H and O–H groups in total. The van der Waals surface area contributed by atoms with Crippen LogP contribution in [0, 0.1) is 13.8 Å². The predicted octanol–water partition coefficient (Wildman–Crippen LogP) is 5.12. The van der Waals surface area contributed by atoms with E-state index in [1.54, 1.807) is 0 Å². The highest BCUT2D eigenvalue weighted by atomic mass is 35.5. The minimum Gasteiger partial charge on any atom is -0.380 e. The summed E-state index contributed by atoms with van der Waals surface area (Å²) in [6.45, 7) is 4.81. The van der Waals surface area contributed by atoms with Gasteiger partial charge in [0.2, 0.25) is 0 Å². The van der Waals surface area contributed by atoms with Gasteiger partial charge in [0.05, 0.1) is 16.2 Å². The fourth-order valence-corrected chi connectivity index (χ4v) is 2.87. The van der Waals surface area contributed by atoms with E-state index in [1.165, 1.54) is 10.9 Å². The average molecular weight is 297 g/mol. The summed E-state index contributed by atoms with van der Waals surface area (Å²) in [7, 11) is 0. The van der Waals surface area contributed by atoms with Crippen LogP contribution in [0.1, 0.15) is 16.8 Å². The number of para-hydroxylation sites is 2. The zero-order chi connectivity index (χ0) is 14.8. The summed E-state index contributed by atoms with van der Waals surface area (Å²) >= 11 is 6.27. The van der Waals surface area contributed by atoms with E-state index in [0.29, 0.717) is 0 Å². The number of anilines is 1. The van der Waals surface area contributed by atoms with E-state index in [0.717, 1.165) is 34.0 Å². The van der Waals surface area contributed by atoms with E-state index in [2.05, 4.69) is 35.4 Å². The number of aryl methyl sites for hydroxylation is 2. The lowest BCUT2D eigenvalue weighted by molar-refractivity contribution is 1.13. The zero-order valence-corrected chi connectivity index (χ0v) is 12.9. The highest BCUT2D eigenvalue weighted by Gasteiger charge is 2.06. The largest absolute Gasteiger partial charge is 0.380 e. The van der Waals surface area contributed by atoms with E-state index in [1.807, 2.05) is 37.3 Å². The Morgan fingerprint density at radius 3 is 2.67 bits per heavy atom. The minimum absolute atomic E-state index is 0.731. The van der Waals surface area contributed by atoms with Gasteiger partial charge in [-0.3, -0.25) is 4.98 Å². The van der Waals surface area contributed by atoms with E-state index >= 15 is 0 Å². The quantitative estimate of drug-likeness (QED) is 0.726. The van der Waals surface area contributed by atoms with Crippen molar-refractivity contribution in [2.45, 2.75) is 20.4 Å². The van der Waals surface area contributed by atoms with Gasteiger partial charge < -0.3 is 5.32 Å². The maximum absolute atomic E-state index is 6.27. The lowest BCUT2D eigenvalue weighted by atomic mass is 10.1. The Kier molecular flexibility index (Phi) is 3.80. The summed E-state index contributed by atoms with van der Waals surface area (Å²) in [4.78, 5) is 4.57. The molecular weight excluding hydrogens is 280 g/mol. The Morgan fingerprint density at radius 1 is 1.05 bits per heavy atom. The molecule has 0 saturated heterocycles. The molecule has 0 aliphatic rings. The van der Waals surface area contributed by atoms with Gasteiger partial charge in [-0.15, -0.1) is 0 Å². The summed E-state index contributed by atoms with van der Waals surface area (Å²) in [6, 6.07) is 16.3. The van der Waals surface area contributed by atoms with Crippen LogP contribution in [0.4, 0.5) is 5.69 Å². The van der Waals surface area contributed by atoms with Crippen LogP contribution in [0.15, 0.2) is 48.5 Å². The molecule has 3 rings (SSSR count). The number of hydrogen-bond donors (Lipinski definition) is 1. The first kappa shape index (κ1) is 13.9. The molecule has 0 bridgehead atoms. The second kappa shape index (κ2) is 5.74. The number of halogens is 1. The first-order chi connectivity index (χ1) is 10.1. The van der Waals surface area contributed by atoms with Crippen molar-refractivity contribution in [2.75, 3.05) is 5.32 Å². The molecule has 0 fully saturated rings. The fraction of sp³-hybridized carbons (Fsp3) is 0.167. The number of fused-ring (bicyclic) bond motifs is 1. The SMILES string of the molecule is Cc1cc(CNc2c(C)cccc2Cl)c2ccccc2n1. The number of aromatic nitrogens is 1. The smallest absolute Gasteiger partial charge is 0.0708 e. The average Bonchev–Trinajstić information content (AvgIpc) is 2.46. The van der Waals surface area contributed by atoms with E-state index in [-0.39, 0.29) is 0 Å². The lowest BCUT2D eigenvalue weighted by Crippen LogP contribution is -2.03. The van der Waals surface area contributed by atoms with Gasteiger partial charge in [-0.1, -0.05) is 41.9 Å². The van der Waals surface area contributed by atoms with E-state index in [9.17, 15) is 0 Å². The highest BCUT2D eigenvalue weighted by molar-refractivity contribution is 6.33. The summed E-state index contributed by atoms with van der Waals surface area (Å²) < 4.78 is 0. The summed E-state index contributed by atoms with van der Waals surface area (Å²) in [6.07, 6.45) is 0. The van der Waals surface area contributed by atoms with Gasteiger partial charge in [-0.2, -0.15) is 0 Å². The number of nitrogens with one attached hydrogen (secondary N) is 1. The van der Waals surface area contributed by atoms with Crippen molar-refractivity contribution in [3.8, 4) is 0 Å². The van der Waals surface area contributed by atoms with Gasteiger partial charge in [0.15, 0.2) is 0 Å². The predicted molar refractivity (Wildman–Crippen MR) is 90.0 cm³/mol. The van der Waals surface area contributed by atoms with Crippen LogP contribution in [-0.2, 0) is 6.54 Å². The normalized spacial score (nSPS) is 10.8. The molecule has 2 aromatic carbocycles. The van der Waals surface area contributed by atoms with Crippen LogP contribution >= 0.6 is 11.6 Å². The number of hydrogen-bond acceptors (Lipinski definition) is 2. The van der Waals surface area contributed by atoms with Crippen molar-refractivity contribution >= 4 is 28.2 Å². The molecule has 1 heterocycles.